The summed E-state index contributed by atoms with van der Waals surface area (Å²) in [5.41, 5.74) is 2.51. The van der Waals surface area contributed by atoms with Gasteiger partial charge in [0.25, 0.3) is 17.7 Å². The Balaban J connectivity index is 1.13. The molecule has 6 aromatic carbocycles. The van der Waals surface area contributed by atoms with Gasteiger partial charge in [-0.1, -0.05) is 95.0 Å². The lowest BCUT2D eigenvalue weighted by Gasteiger charge is -2.35. The van der Waals surface area contributed by atoms with Crippen molar-refractivity contribution in [3.63, 3.8) is 0 Å². The molecule has 0 aromatic heterocycles. The number of methoxy groups -OCH3 is 2. The molecule has 1 N–H and O–H groups in total. The Labute approximate surface area is 303 Å². The van der Waals surface area contributed by atoms with Crippen LogP contribution in [0.4, 0.5) is 5.69 Å². The second-order valence-electron chi connectivity index (χ2n) is 14.2. The first-order valence-corrected chi connectivity index (χ1v) is 18.7. The van der Waals surface area contributed by atoms with E-state index in [0.717, 1.165) is 62.5 Å². The topological polar surface area (TPSA) is 96.4 Å². The minimum absolute atomic E-state index is 0.152. The molecule has 1 unspecified atom stereocenters. The number of rotatable bonds is 14. The first kappa shape index (κ1) is 33.9. The highest BCUT2D eigenvalue weighted by atomic mass is 16.5. The summed E-state index contributed by atoms with van der Waals surface area (Å²) in [7, 11) is 3.04. The molecule has 0 spiro atoms. The van der Waals surface area contributed by atoms with Gasteiger partial charge < -0.3 is 19.5 Å². The third-order valence-corrected chi connectivity index (χ3v) is 11.2. The van der Waals surface area contributed by atoms with Crippen molar-refractivity contribution in [2.45, 2.75) is 77.4 Å². The number of hydrogen-bond acceptors (Lipinski definition) is 6. The van der Waals surface area contributed by atoms with Crippen LogP contribution in [0.25, 0.3) is 43.1 Å². The Hall–Kier alpha value is -5.21. The van der Waals surface area contributed by atoms with Gasteiger partial charge in [-0.3, -0.25) is 14.4 Å². The average molecular weight is 697 g/mol. The van der Waals surface area contributed by atoms with E-state index >= 15 is 0 Å². The number of aliphatic hydroxyl groups is 1. The van der Waals surface area contributed by atoms with Crippen LogP contribution in [0.1, 0.15) is 114 Å². The van der Waals surface area contributed by atoms with E-state index < -0.39 is 18.0 Å². The van der Waals surface area contributed by atoms with E-state index in [1.165, 1.54) is 57.0 Å². The van der Waals surface area contributed by atoms with E-state index in [1.54, 1.807) is 42.3 Å². The molecule has 0 saturated heterocycles. The normalized spacial score (nSPS) is 15.6. The van der Waals surface area contributed by atoms with Crippen molar-refractivity contribution in [1.82, 2.24) is 4.90 Å². The van der Waals surface area contributed by atoms with Crippen LogP contribution >= 0.6 is 0 Å². The molecule has 0 saturated carbocycles. The van der Waals surface area contributed by atoms with E-state index in [4.69, 9.17) is 9.47 Å². The largest absolute Gasteiger partial charge is 0.497 e. The van der Waals surface area contributed by atoms with Crippen LogP contribution in [0, 0.1) is 0 Å². The highest BCUT2D eigenvalue weighted by Crippen LogP contribution is 2.48. The molecule has 0 aliphatic carbocycles. The maximum absolute atomic E-state index is 14.2. The van der Waals surface area contributed by atoms with Crippen molar-refractivity contribution < 1.29 is 29.0 Å². The van der Waals surface area contributed by atoms with Crippen molar-refractivity contribution in [3.8, 4) is 11.5 Å². The molecule has 0 bridgehead atoms. The van der Waals surface area contributed by atoms with Crippen LogP contribution in [-0.4, -0.2) is 48.5 Å². The maximum Gasteiger partial charge on any atom is 0.266 e. The number of hydrogen-bond donors (Lipinski definition) is 1. The molecule has 8 heteroatoms. The summed E-state index contributed by atoms with van der Waals surface area (Å²) in [4.78, 5) is 45.1. The van der Waals surface area contributed by atoms with E-state index in [2.05, 4.69) is 6.92 Å². The standard InChI is InChI=1S/C44H44N2O6/c1-4-5-6-7-8-9-10-11-12-13-24-45-41(47)31-19-15-27-29-17-21-33-40-34(44(50)46(43(33)49)35-23-14-26(51-2)25-36(35)52-3)22-18-30(38(29)40)28-16-20-32(42(45)48)39(31)37(27)28/h14-23,25,41,47H,4-13,24H2,1-3H3. The van der Waals surface area contributed by atoms with E-state index in [0.29, 0.717) is 45.8 Å². The Morgan fingerprint density at radius 3 is 1.65 bits per heavy atom. The molecule has 6 aromatic rings. The van der Waals surface area contributed by atoms with Crippen LogP contribution in [0.15, 0.2) is 66.7 Å². The predicted molar refractivity (Wildman–Crippen MR) is 206 cm³/mol. The van der Waals surface area contributed by atoms with Gasteiger partial charge in [0.15, 0.2) is 6.23 Å². The predicted octanol–water partition coefficient (Wildman–Crippen LogP) is 9.92. The molecule has 0 fully saturated rings. The van der Waals surface area contributed by atoms with Crippen LogP contribution in [0.3, 0.4) is 0 Å². The van der Waals surface area contributed by atoms with E-state index in [-0.39, 0.29) is 5.91 Å². The van der Waals surface area contributed by atoms with Gasteiger partial charge in [0, 0.05) is 45.6 Å². The van der Waals surface area contributed by atoms with Crippen molar-refractivity contribution in [2.75, 3.05) is 25.7 Å². The number of aliphatic hydroxyl groups excluding tert-OH is 1. The lowest BCUT2D eigenvalue weighted by atomic mass is 9.82. The zero-order valence-electron chi connectivity index (χ0n) is 30.1. The first-order chi connectivity index (χ1) is 25.4. The number of nitrogens with zero attached hydrogens (tertiary/aromatic N) is 2. The van der Waals surface area contributed by atoms with Gasteiger partial charge in [0.1, 0.15) is 11.5 Å². The zero-order valence-corrected chi connectivity index (χ0v) is 30.1. The molecule has 8 rings (SSSR count). The number of carbonyl (C=O) groups excluding carboxylic acids is 3. The summed E-state index contributed by atoms with van der Waals surface area (Å²) in [6.45, 7) is 2.75. The molecule has 8 nitrogen and oxygen atoms in total. The third-order valence-electron chi connectivity index (χ3n) is 11.2. The van der Waals surface area contributed by atoms with Crippen molar-refractivity contribution in [3.05, 3.63) is 89.0 Å². The first-order valence-electron chi connectivity index (χ1n) is 18.7. The number of carbonyl (C=O) groups is 3. The number of anilines is 1. The molecule has 0 radical (unpaired) electrons. The summed E-state index contributed by atoms with van der Waals surface area (Å²) in [5, 5.41) is 18.4. The average Bonchev–Trinajstić information content (AvgIpc) is 3.17. The number of benzene rings is 6. The smallest absolute Gasteiger partial charge is 0.266 e. The van der Waals surface area contributed by atoms with Crippen LogP contribution in [0.2, 0.25) is 0 Å². The van der Waals surface area contributed by atoms with Gasteiger partial charge in [-0.2, -0.15) is 0 Å². The van der Waals surface area contributed by atoms with Gasteiger partial charge in [-0.15, -0.1) is 0 Å². The summed E-state index contributed by atoms with van der Waals surface area (Å²) >= 11 is 0. The Kier molecular flexibility index (Phi) is 8.95. The lowest BCUT2D eigenvalue weighted by Crippen LogP contribution is -2.40. The van der Waals surface area contributed by atoms with Gasteiger partial charge in [0.2, 0.25) is 0 Å². The van der Waals surface area contributed by atoms with Crippen molar-refractivity contribution in [1.29, 1.82) is 0 Å². The molecule has 2 aliphatic heterocycles. The highest BCUT2D eigenvalue weighted by molar-refractivity contribution is 6.43. The van der Waals surface area contributed by atoms with Gasteiger partial charge in [-0.05, 0) is 69.1 Å². The molecule has 266 valence electrons. The molecule has 3 amide bonds. The SMILES string of the molecule is CCCCCCCCCCCCN1C(=O)c2ccc3c4ccc5c6c(ccc(c7ccc(c2c37)C1O)c64)C(=O)N(c1ccc(OC)cc1OC)C5=O. The Morgan fingerprint density at radius 2 is 1.10 bits per heavy atom. The highest BCUT2D eigenvalue weighted by Gasteiger charge is 2.38. The maximum atomic E-state index is 14.2. The van der Waals surface area contributed by atoms with Crippen molar-refractivity contribution >= 4 is 66.5 Å². The lowest BCUT2D eigenvalue weighted by molar-refractivity contribution is 0.00419. The monoisotopic (exact) mass is 696 g/mol. The van der Waals surface area contributed by atoms with Gasteiger partial charge in [-0.25, -0.2) is 4.90 Å². The molecule has 52 heavy (non-hydrogen) atoms. The molecular weight excluding hydrogens is 652 g/mol. The number of fused-ring (bicyclic) bond motifs is 2. The summed E-state index contributed by atoms with van der Waals surface area (Å²) in [5.74, 6) is -0.122. The minimum atomic E-state index is -1.03. The van der Waals surface area contributed by atoms with Crippen molar-refractivity contribution in [2.24, 2.45) is 0 Å². The number of unbranched alkanes of at least 4 members (excludes halogenated alkanes) is 9. The minimum Gasteiger partial charge on any atom is -0.497 e. The Bertz CT molecular complexity index is 2310. The number of imide groups is 1. The molecule has 2 heterocycles. The third kappa shape index (κ3) is 5.26. The molecule has 1 atom stereocenters. The fraction of sp³-hybridized carbons (Fsp3) is 0.341. The summed E-state index contributed by atoms with van der Waals surface area (Å²) in [6, 6.07) is 20.3. The van der Waals surface area contributed by atoms with Gasteiger partial charge in [0.05, 0.1) is 19.9 Å². The van der Waals surface area contributed by atoms with Crippen LogP contribution in [-0.2, 0) is 0 Å². The zero-order chi connectivity index (χ0) is 36.1. The number of ether oxygens (including phenoxy) is 2. The Morgan fingerprint density at radius 1 is 0.577 bits per heavy atom. The summed E-state index contributed by atoms with van der Waals surface area (Å²) in [6.07, 6.45) is 11.0. The molecular formula is C44H44N2O6. The fourth-order valence-corrected chi connectivity index (χ4v) is 8.61. The van der Waals surface area contributed by atoms with Gasteiger partial charge >= 0.3 is 0 Å². The van der Waals surface area contributed by atoms with Crippen LogP contribution < -0.4 is 14.4 Å². The number of amides is 3. The molecule has 2 aliphatic rings. The van der Waals surface area contributed by atoms with E-state index in [9.17, 15) is 19.5 Å². The van der Waals surface area contributed by atoms with Crippen LogP contribution in [0.5, 0.6) is 11.5 Å². The quantitative estimate of drug-likeness (QED) is 0.0527. The summed E-state index contributed by atoms with van der Waals surface area (Å²) < 4.78 is 10.9. The second-order valence-corrected chi connectivity index (χ2v) is 14.2. The second kappa shape index (κ2) is 13.7. The van der Waals surface area contributed by atoms with E-state index in [1.807, 2.05) is 36.4 Å². The fourth-order valence-electron chi connectivity index (χ4n) is 8.61.